The van der Waals surface area contributed by atoms with Crippen LogP contribution in [0.4, 0.5) is 5.69 Å². The minimum atomic E-state index is -0.492. The van der Waals surface area contributed by atoms with E-state index in [1.165, 1.54) is 11.6 Å². The Labute approximate surface area is 170 Å². The molecule has 1 fully saturated rings. The van der Waals surface area contributed by atoms with Crippen molar-refractivity contribution < 1.29 is 14.5 Å². The van der Waals surface area contributed by atoms with Crippen LogP contribution in [0.2, 0.25) is 0 Å². The van der Waals surface area contributed by atoms with Crippen LogP contribution in [0.5, 0.6) is 5.75 Å². The molecule has 0 bridgehead atoms. The van der Waals surface area contributed by atoms with Crippen LogP contribution in [0.25, 0.3) is 0 Å². The van der Waals surface area contributed by atoms with Crippen molar-refractivity contribution in [3.05, 3.63) is 67.7 Å². The fraction of sp³-hybridized carbons (Fsp3) is 0.350. The maximum absolute atomic E-state index is 12.9. The number of carbonyl (C=O) groups is 1. The quantitative estimate of drug-likeness (QED) is 0.576. The Balaban J connectivity index is 1.52. The molecule has 2 heterocycles. The highest BCUT2D eigenvalue weighted by Gasteiger charge is 2.44. The molecule has 2 aliphatic heterocycles. The van der Waals surface area contributed by atoms with Gasteiger partial charge in [-0.05, 0) is 52.5 Å². The topological polar surface area (TPSA) is 98.7 Å². The number of nitrogens with zero attached hydrogens (tertiary/aromatic N) is 2. The summed E-state index contributed by atoms with van der Waals surface area (Å²) < 4.78 is 6.27. The molecule has 1 amide bonds. The first-order valence-electron chi connectivity index (χ1n) is 9.13. The Hall–Kier alpha value is -2.45. The lowest BCUT2D eigenvalue weighted by Gasteiger charge is -2.38. The molecular formula is C20H20BrN3O4. The number of halogens is 1. The maximum Gasteiger partial charge on any atom is 0.284 e. The molecule has 2 N–H and O–H groups in total. The minimum Gasteiger partial charge on any atom is -0.492 e. The number of likely N-dealkylation sites (tertiary alicyclic amines) is 1. The summed E-state index contributed by atoms with van der Waals surface area (Å²) in [6, 6.07) is 10.6. The SMILES string of the molecule is NCc1ccc2c(c1)C1(CCN(C(=O)c3ccc(Br)c([N+](=O)[O-])c3)CC1)CO2. The first-order chi connectivity index (χ1) is 13.4. The van der Waals surface area contributed by atoms with Crippen LogP contribution in [0.1, 0.15) is 34.3 Å². The third-order valence-corrected chi connectivity index (χ3v) is 6.42. The molecule has 2 aromatic carbocycles. The van der Waals surface area contributed by atoms with Crippen molar-refractivity contribution in [3.63, 3.8) is 0 Å². The molecule has 2 aliphatic rings. The van der Waals surface area contributed by atoms with E-state index in [4.69, 9.17) is 10.5 Å². The number of hydrogen-bond donors (Lipinski definition) is 1. The Bertz CT molecular complexity index is 954. The zero-order chi connectivity index (χ0) is 19.9. The molecule has 8 heteroatoms. The summed E-state index contributed by atoms with van der Waals surface area (Å²) in [6.07, 6.45) is 1.58. The lowest BCUT2D eigenvalue weighted by Crippen LogP contribution is -2.46. The number of ether oxygens (including phenoxy) is 1. The molecule has 7 nitrogen and oxygen atoms in total. The normalized spacial score (nSPS) is 17.3. The molecule has 0 radical (unpaired) electrons. The van der Waals surface area contributed by atoms with Gasteiger partial charge in [0.05, 0.1) is 16.0 Å². The number of carbonyl (C=O) groups excluding carboxylic acids is 1. The summed E-state index contributed by atoms with van der Waals surface area (Å²) in [4.78, 5) is 25.3. The average molecular weight is 446 g/mol. The Morgan fingerprint density at radius 1 is 1.25 bits per heavy atom. The predicted octanol–water partition coefficient (Wildman–Crippen LogP) is 3.38. The number of benzene rings is 2. The van der Waals surface area contributed by atoms with Gasteiger partial charge in [-0.1, -0.05) is 12.1 Å². The van der Waals surface area contributed by atoms with Crippen LogP contribution >= 0.6 is 15.9 Å². The lowest BCUT2D eigenvalue weighted by atomic mass is 9.74. The van der Waals surface area contributed by atoms with Gasteiger partial charge in [0.15, 0.2) is 0 Å². The highest BCUT2D eigenvalue weighted by Crippen LogP contribution is 2.46. The fourth-order valence-corrected chi connectivity index (χ4v) is 4.45. The van der Waals surface area contributed by atoms with Crippen LogP contribution in [0.15, 0.2) is 40.9 Å². The van der Waals surface area contributed by atoms with Gasteiger partial charge in [-0.25, -0.2) is 0 Å². The van der Waals surface area contributed by atoms with Crippen LogP contribution in [-0.2, 0) is 12.0 Å². The van der Waals surface area contributed by atoms with Crippen molar-refractivity contribution in [3.8, 4) is 5.75 Å². The molecule has 2 aromatic rings. The zero-order valence-electron chi connectivity index (χ0n) is 15.2. The largest absolute Gasteiger partial charge is 0.492 e. The molecule has 146 valence electrons. The highest BCUT2D eigenvalue weighted by atomic mass is 79.9. The average Bonchev–Trinajstić information content (AvgIpc) is 3.05. The second-order valence-electron chi connectivity index (χ2n) is 7.32. The third-order valence-electron chi connectivity index (χ3n) is 5.75. The van der Waals surface area contributed by atoms with Gasteiger partial charge < -0.3 is 15.4 Å². The van der Waals surface area contributed by atoms with E-state index < -0.39 is 4.92 Å². The molecule has 1 saturated heterocycles. The molecule has 28 heavy (non-hydrogen) atoms. The summed E-state index contributed by atoms with van der Waals surface area (Å²) in [5.74, 6) is 0.723. The number of nitro groups is 1. The molecule has 0 saturated carbocycles. The van der Waals surface area contributed by atoms with Crippen molar-refractivity contribution in [2.45, 2.75) is 24.8 Å². The fourth-order valence-electron chi connectivity index (χ4n) is 4.06. The predicted molar refractivity (Wildman–Crippen MR) is 107 cm³/mol. The van der Waals surface area contributed by atoms with E-state index in [-0.39, 0.29) is 17.0 Å². The van der Waals surface area contributed by atoms with Crippen molar-refractivity contribution >= 4 is 27.5 Å². The van der Waals surface area contributed by atoms with Gasteiger partial charge in [0.1, 0.15) is 5.75 Å². The number of hydrogen-bond acceptors (Lipinski definition) is 5. The summed E-state index contributed by atoms with van der Waals surface area (Å²) in [6.45, 7) is 2.26. The molecular weight excluding hydrogens is 426 g/mol. The molecule has 0 aliphatic carbocycles. The number of nitro benzene ring substituents is 1. The van der Waals surface area contributed by atoms with E-state index in [9.17, 15) is 14.9 Å². The summed E-state index contributed by atoms with van der Waals surface area (Å²) in [5, 5.41) is 11.1. The van der Waals surface area contributed by atoms with Crippen molar-refractivity contribution in [2.24, 2.45) is 5.73 Å². The number of piperidine rings is 1. The van der Waals surface area contributed by atoms with E-state index >= 15 is 0 Å². The van der Waals surface area contributed by atoms with Crippen LogP contribution in [0.3, 0.4) is 0 Å². The van der Waals surface area contributed by atoms with Gasteiger partial charge in [-0.3, -0.25) is 14.9 Å². The van der Waals surface area contributed by atoms with E-state index in [2.05, 4.69) is 22.0 Å². The lowest BCUT2D eigenvalue weighted by molar-refractivity contribution is -0.385. The second-order valence-corrected chi connectivity index (χ2v) is 8.17. The zero-order valence-corrected chi connectivity index (χ0v) is 16.8. The van der Waals surface area contributed by atoms with E-state index in [1.807, 2.05) is 12.1 Å². The van der Waals surface area contributed by atoms with Gasteiger partial charge >= 0.3 is 0 Å². The van der Waals surface area contributed by atoms with Gasteiger partial charge in [-0.2, -0.15) is 0 Å². The van der Waals surface area contributed by atoms with Crippen molar-refractivity contribution in [2.75, 3.05) is 19.7 Å². The van der Waals surface area contributed by atoms with E-state index in [1.54, 1.807) is 17.0 Å². The minimum absolute atomic E-state index is 0.0942. The highest BCUT2D eigenvalue weighted by molar-refractivity contribution is 9.10. The van der Waals surface area contributed by atoms with Crippen LogP contribution in [-0.4, -0.2) is 35.4 Å². The van der Waals surface area contributed by atoms with Crippen LogP contribution in [0, 0.1) is 10.1 Å². The smallest absolute Gasteiger partial charge is 0.284 e. The van der Waals surface area contributed by atoms with Gasteiger partial charge in [0.25, 0.3) is 11.6 Å². The van der Waals surface area contributed by atoms with Crippen LogP contribution < -0.4 is 10.5 Å². The first kappa shape index (κ1) is 18.9. The van der Waals surface area contributed by atoms with E-state index in [0.717, 1.165) is 24.2 Å². The number of rotatable bonds is 3. The van der Waals surface area contributed by atoms with Crippen molar-refractivity contribution in [1.82, 2.24) is 4.90 Å². The Kier molecular flexibility index (Phi) is 4.84. The molecule has 0 atom stereocenters. The standard InChI is InChI=1S/C20H20BrN3O4/c21-16-3-2-14(10-17(16)24(26)27)19(25)23-7-5-20(6-8-23)12-28-18-4-1-13(11-22)9-15(18)20/h1-4,9-10H,5-8,11-12,22H2. The molecule has 0 aromatic heterocycles. The van der Waals surface area contributed by atoms with Gasteiger partial charge in [0.2, 0.25) is 0 Å². The number of fused-ring (bicyclic) bond motifs is 2. The second kappa shape index (κ2) is 7.18. The molecule has 4 rings (SSSR count). The van der Waals surface area contributed by atoms with E-state index in [0.29, 0.717) is 36.3 Å². The van der Waals surface area contributed by atoms with Crippen molar-refractivity contribution in [1.29, 1.82) is 0 Å². The first-order valence-corrected chi connectivity index (χ1v) is 9.92. The molecule has 1 spiro atoms. The third kappa shape index (κ3) is 3.16. The summed E-state index contributed by atoms with van der Waals surface area (Å²) >= 11 is 3.15. The molecule has 0 unspecified atom stereocenters. The van der Waals surface area contributed by atoms with Gasteiger partial charge in [0, 0.05) is 42.2 Å². The summed E-state index contributed by atoms with van der Waals surface area (Å²) in [7, 11) is 0. The monoisotopic (exact) mass is 445 g/mol. The Morgan fingerprint density at radius 2 is 2.00 bits per heavy atom. The number of nitrogens with two attached hydrogens (primary N) is 1. The number of amides is 1. The van der Waals surface area contributed by atoms with Gasteiger partial charge in [-0.15, -0.1) is 0 Å². The Morgan fingerprint density at radius 3 is 2.68 bits per heavy atom. The summed E-state index contributed by atoms with van der Waals surface area (Å²) in [5.41, 5.74) is 8.18. The maximum atomic E-state index is 12.9.